The third kappa shape index (κ3) is 1.89. The fraction of sp³-hybridized carbons (Fsp3) is 0. The topological polar surface area (TPSA) is 81.3 Å². The normalized spacial score (nSPS) is 9.72. The van der Waals surface area contributed by atoms with Crippen LogP contribution in [0, 0.1) is 11.3 Å². The minimum absolute atomic E-state index is 0.0299. The van der Waals surface area contributed by atoms with Gasteiger partial charge in [0.2, 0.25) is 0 Å². The third-order valence-electron chi connectivity index (χ3n) is 2.55. The zero-order valence-corrected chi connectivity index (χ0v) is 9.29. The molecule has 0 fully saturated rings. The molecule has 0 radical (unpaired) electrons. The van der Waals surface area contributed by atoms with Crippen LogP contribution >= 0.6 is 0 Å². The molecule has 4 nitrogen and oxygen atoms in total. The van der Waals surface area contributed by atoms with Crippen LogP contribution in [-0.4, -0.2) is 16.0 Å². The van der Waals surface area contributed by atoms with Gasteiger partial charge in [-0.05, 0) is 24.3 Å². The summed E-state index contributed by atoms with van der Waals surface area (Å²) in [6, 6.07) is 12.4. The van der Waals surface area contributed by atoms with Crippen LogP contribution in [0.3, 0.4) is 0 Å². The van der Waals surface area contributed by atoms with Gasteiger partial charge in [-0.15, -0.1) is 0 Å². The second kappa shape index (κ2) is 4.60. The van der Waals surface area contributed by atoms with E-state index in [2.05, 4.69) is 0 Å². The van der Waals surface area contributed by atoms with E-state index in [9.17, 15) is 15.0 Å². The van der Waals surface area contributed by atoms with Crippen LogP contribution in [0.15, 0.2) is 42.5 Å². The van der Waals surface area contributed by atoms with Gasteiger partial charge in [-0.2, -0.15) is 5.26 Å². The largest absolute Gasteiger partial charge is 0.504 e. The minimum atomic E-state index is -0.499. The van der Waals surface area contributed by atoms with E-state index in [0.717, 1.165) is 0 Å². The van der Waals surface area contributed by atoms with Crippen LogP contribution in [0.2, 0.25) is 0 Å². The number of aromatic hydroxyl groups is 2. The molecule has 0 unspecified atom stereocenters. The van der Waals surface area contributed by atoms with Gasteiger partial charge in [0.05, 0.1) is 17.2 Å². The molecule has 18 heavy (non-hydrogen) atoms. The lowest BCUT2D eigenvalue weighted by atomic mass is 9.98. The first-order valence-electron chi connectivity index (χ1n) is 5.20. The summed E-state index contributed by atoms with van der Waals surface area (Å²) >= 11 is 0. The number of nitriles is 1. The van der Waals surface area contributed by atoms with Crippen molar-refractivity contribution in [2.24, 2.45) is 0 Å². The van der Waals surface area contributed by atoms with Crippen molar-refractivity contribution in [1.29, 1.82) is 5.26 Å². The minimum Gasteiger partial charge on any atom is -0.504 e. The molecule has 4 heteroatoms. The van der Waals surface area contributed by atoms with E-state index in [-0.39, 0.29) is 22.4 Å². The van der Waals surface area contributed by atoms with Crippen molar-refractivity contribution in [1.82, 2.24) is 0 Å². The number of phenolic OH excluding ortho intramolecular Hbond substituents is 2. The Kier molecular flexibility index (Phi) is 2.98. The van der Waals surface area contributed by atoms with Crippen LogP contribution < -0.4 is 0 Å². The molecule has 0 aromatic heterocycles. The Hall–Kier alpha value is -2.80. The summed E-state index contributed by atoms with van der Waals surface area (Å²) in [4.78, 5) is 12.2. The second-order valence-electron chi connectivity index (χ2n) is 3.66. The van der Waals surface area contributed by atoms with Crippen LogP contribution in [0.5, 0.6) is 11.5 Å². The van der Waals surface area contributed by atoms with E-state index < -0.39 is 11.5 Å². The highest BCUT2D eigenvalue weighted by Crippen LogP contribution is 2.30. The maximum Gasteiger partial charge on any atom is 0.198 e. The SMILES string of the molecule is N#Cc1ccccc1C(=O)c1cccc(O)c1O. The molecule has 2 aromatic carbocycles. The van der Waals surface area contributed by atoms with Gasteiger partial charge >= 0.3 is 0 Å². The first kappa shape index (κ1) is 11.7. The van der Waals surface area contributed by atoms with Crippen LogP contribution in [0.4, 0.5) is 0 Å². The summed E-state index contributed by atoms with van der Waals surface area (Å²) in [5.74, 6) is -1.34. The Bertz CT molecular complexity index is 656. The number of ketones is 1. The molecule has 2 N–H and O–H groups in total. The molecular formula is C14H9NO3. The van der Waals surface area contributed by atoms with Gasteiger partial charge in [-0.25, -0.2) is 0 Å². The lowest BCUT2D eigenvalue weighted by Gasteiger charge is -2.06. The molecule has 2 aromatic rings. The summed E-state index contributed by atoms with van der Waals surface area (Å²) in [7, 11) is 0. The van der Waals surface area contributed by atoms with E-state index in [4.69, 9.17) is 5.26 Å². The summed E-state index contributed by atoms with van der Waals surface area (Å²) in [6.07, 6.45) is 0. The van der Waals surface area contributed by atoms with Crippen molar-refractivity contribution in [2.75, 3.05) is 0 Å². The van der Waals surface area contributed by atoms with Gasteiger partial charge in [0.15, 0.2) is 17.3 Å². The molecule has 0 aliphatic rings. The highest BCUT2D eigenvalue weighted by Gasteiger charge is 2.18. The lowest BCUT2D eigenvalue weighted by Crippen LogP contribution is -2.04. The van der Waals surface area contributed by atoms with Crippen molar-refractivity contribution in [3.8, 4) is 17.6 Å². The number of carbonyl (C=O) groups is 1. The van der Waals surface area contributed by atoms with Gasteiger partial charge < -0.3 is 10.2 Å². The van der Waals surface area contributed by atoms with Gasteiger partial charge in [0.25, 0.3) is 0 Å². The molecule has 0 amide bonds. The summed E-state index contributed by atoms with van der Waals surface area (Å²) in [6.45, 7) is 0. The summed E-state index contributed by atoms with van der Waals surface area (Å²) in [5.41, 5.74) is 0.392. The molecule has 0 saturated carbocycles. The van der Waals surface area contributed by atoms with E-state index in [1.807, 2.05) is 6.07 Å². The number of carbonyl (C=O) groups excluding carboxylic acids is 1. The van der Waals surface area contributed by atoms with Gasteiger partial charge in [-0.3, -0.25) is 4.79 Å². The number of nitrogens with zero attached hydrogens (tertiary/aromatic N) is 1. The molecular weight excluding hydrogens is 230 g/mol. The van der Waals surface area contributed by atoms with E-state index >= 15 is 0 Å². The Morgan fingerprint density at radius 2 is 1.67 bits per heavy atom. The predicted octanol–water partition coefficient (Wildman–Crippen LogP) is 2.20. The Morgan fingerprint density at radius 1 is 1.00 bits per heavy atom. The number of hydrogen-bond donors (Lipinski definition) is 2. The first-order valence-corrected chi connectivity index (χ1v) is 5.20. The van der Waals surface area contributed by atoms with Crippen LogP contribution in [0.25, 0.3) is 0 Å². The molecule has 0 heterocycles. The Balaban J connectivity index is 2.56. The van der Waals surface area contributed by atoms with Crippen molar-refractivity contribution < 1.29 is 15.0 Å². The molecule has 88 valence electrons. The molecule has 0 saturated heterocycles. The number of benzene rings is 2. The van der Waals surface area contributed by atoms with Crippen LogP contribution in [-0.2, 0) is 0 Å². The average Bonchev–Trinajstić information content (AvgIpc) is 2.41. The zero-order valence-electron chi connectivity index (χ0n) is 9.29. The Morgan fingerprint density at radius 3 is 2.39 bits per heavy atom. The number of phenols is 2. The van der Waals surface area contributed by atoms with Crippen LogP contribution in [0.1, 0.15) is 21.5 Å². The fourth-order valence-corrected chi connectivity index (χ4v) is 1.64. The molecule has 0 aliphatic carbocycles. The van der Waals surface area contributed by atoms with Gasteiger partial charge in [0, 0.05) is 5.56 Å². The molecule has 0 atom stereocenters. The van der Waals surface area contributed by atoms with E-state index in [1.165, 1.54) is 30.3 Å². The maximum absolute atomic E-state index is 12.2. The molecule has 0 bridgehead atoms. The smallest absolute Gasteiger partial charge is 0.198 e. The third-order valence-corrected chi connectivity index (χ3v) is 2.55. The lowest BCUT2D eigenvalue weighted by molar-refractivity contribution is 0.103. The monoisotopic (exact) mass is 239 g/mol. The van der Waals surface area contributed by atoms with Crippen molar-refractivity contribution in [3.05, 3.63) is 59.2 Å². The predicted molar refractivity (Wildman–Crippen MR) is 64.4 cm³/mol. The Labute approximate surface area is 103 Å². The summed E-state index contributed by atoms with van der Waals surface area (Å²) in [5, 5.41) is 27.9. The van der Waals surface area contributed by atoms with Gasteiger partial charge in [-0.1, -0.05) is 18.2 Å². The molecule has 0 spiro atoms. The highest BCUT2D eigenvalue weighted by atomic mass is 16.3. The second-order valence-corrected chi connectivity index (χ2v) is 3.66. The number of hydrogen-bond acceptors (Lipinski definition) is 4. The number of rotatable bonds is 2. The average molecular weight is 239 g/mol. The zero-order chi connectivity index (χ0) is 13.1. The quantitative estimate of drug-likeness (QED) is 0.621. The fourth-order valence-electron chi connectivity index (χ4n) is 1.64. The maximum atomic E-state index is 12.2. The molecule has 2 rings (SSSR count). The summed E-state index contributed by atoms with van der Waals surface area (Å²) < 4.78 is 0. The van der Waals surface area contributed by atoms with E-state index in [1.54, 1.807) is 12.1 Å². The highest BCUT2D eigenvalue weighted by molar-refractivity contribution is 6.12. The van der Waals surface area contributed by atoms with Crippen molar-refractivity contribution in [3.63, 3.8) is 0 Å². The van der Waals surface area contributed by atoms with Gasteiger partial charge in [0.1, 0.15) is 0 Å². The number of para-hydroxylation sites is 1. The first-order chi connectivity index (χ1) is 8.65. The van der Waals surface area contributed by atoms with Crippen molar-refractivity contribution >= 4 is 5.78 Å². The van der Waals surface area contributed by atoms with E-state index in [0.29, 0.717) is 0 Å². The molecule has 0 aliphatic heterocycles. The van der Waals surface area contributed by atoms with Crippen molar-refractivity contribution in [2.45, 2.75) is 0 Å². The standard InChI is InChI=1S/C14H9NO3/c15-8-9-4-1-2-5-10(9)13(17)11-6-3-7-12(16)14(11)18/h1-7,16,18H.